The lowest BCUT2D eigenvalue weighted by atomic mass is 10.2. The fourth-order valence-electron chi connectivity index (χ4n) is 2.10. The Morgan fingerprint density at radius 2 is 1.85 bits per heavy atom. The van der Waals surface area contributed by atoms with E-state index in [1.165, 1.54) is 20.3 Å². The highest BCUT2D eigenvalue weighted by Crippen LogP contribution is 2.25. The van der Waals surface area contributed by atoms with E-state index in [1.54, 1.807) is 23.9 Å². The number of rotatable bonds is 9. The molecule has 2 rings (SSSR count). The average Bonchev–Trinajstić information content (AvgIpc) is 2.69. The maximum absolute atomic E-state index is 11.9. The summed E-state index contributed by atoms with van der Waals surface area (Å²) in [6, 6.07) is 14.7. The first-order valence-corrected chi connectivity index (χ1v) is 8.96. The van der Waals surface area contributed by atoms with Crippen molar-refractivity contribution in [1.29, 1.82) is 0 Å². The minimum absolute atomic E-state index is 0.201. The van der Waals surface area contributed by atoms with Crippen LogP contribution in [0.2, 0.25) is 0 Å². The molecule has 0 spiro atoms. The summed E-state index contributed by atoms with van der Waals surface area (Å²) in [5, 5.41) is 2.78. The van der Waals surface area contributed by atoms with Crippen molar-refractivity contribution in [3.05, 3.63) is 54.1 Å². The van der Waals surface area contributed by atoms with E-state index >= 15 is 0 Å². The Labute approximate surface area is 156 Å². The van der Waals surface area contributed by atoms with E-state index in [4.69, 9.17) is 14.2 Å². The number of nitrogens with one attached hydrogen (secondary N) is 1. The summed E-state index contributed by atoms with van der Waals surface area (Å²) < 4.78 is 15.3. The number of thioether (sulfide) groups is 1. The van der Waals surface area contributed by atoms with Gasteiger partial charge in [0.1, 0.15) is 17.1 Å². The van der Waals surface area contributed by atoms with Crippen molar-refractivity contribution < 1.29 is 23.8 Å². The van der Waals surface area contributed by atoms with E-state index in [0.717, 1.165) is 10.6 Å². The van der Waals surface area contributed by atoms with Crippen molar-refractivity contribution >= 4 is 23.6 Å². The van der Waals surface area contributed by atoms with E-state index in [9.17, 15) is 9.59 Å². The second kappa shape index (κ2) is 10.4. The molecule has 6 nitrogen and oxygen atoms in total. The van der Waals surface area contributed by atoms with Gasteiger partial charge in [-0.25, -0.2) is 4.79 Å². The molecule has 0 aliphatic heterocycles. The van der Waals surface area contributed by atoms with E-state index in [2.05, 4.69) is 5.32 Å². The molecule has 0 heterocycles. The fourth-order valence-corrected chi connectivity index (χ4v) is 2.89. The molecule has 0 saturated carbocycles. The Morgan fingerprint density at radius 1 is 1.08 bits per heavy atom. The number of benzene rings is 2. The molecule has 2 aromatic rings. The molecule has 1 amide bonds. The lowest BCUT2D eigenvalue weighted by Crippen LogP contribution is -2.30. The molecule has 138 valence electrons. The number of hydrogen-bond acceptors (Lipinski definition) is 6. The number of methoxy groups -OCH3 is 2. The molecule has 0 fully saturated rings. The van der Waals surface area contributed by atoms with Crippen LogP contribution in [-0.2, 0) is 9.53 Å². The van der Waals surface area contributed by atoms with Crippen molar-refractivity contribution in [2.24, 2.45) is 0 Å². The molecular formula is C19H21NO5S. The van der Waals surface area contributed by atoms with Crippen molar-refractivity contribution in [3.8, 4) is 11.5 Å². The lowest BCUT2D eigenvalue weighted by molar-refractivity contribution is -0.122. The van der Waals surface area contributed by atoms with Gasteiger partial charge in [0, 0.05) is 23.3 Å². The van der Waals surface area contributed by atoms with Gasteiger partial charge in [-0.3, -0.25) is 4.79 Å². The summed E-state index contributed by atoms with van der Waals surface area (Å²) in [5.74, 6) is 0.708. The molecule has 0 atom stereocenters. The van der Waals surface area contributed by atoms with Crippen LogP contribution in [0.3, 0.4) is 0 Å². The molecule has 0 aromatic heterocycles. The van der Waals surface area contributed by atoms with E-state index in [-0.39, 0.29) is 23.8 Å². The number of carbonyl (C=O) groups excluding carboxylic acids is 2. The first-order chi connectivity index (χ1) is 12.6. The van der Waals surface area contributed by atoms with Crippen molar-refractivity contribution in [2.45, 2.75) is 4.90 Å². The Hall–Kier alpha value is -2.67. The molecule has 26 heavy (non-hydrogen) atoms. The first kappa shape index (κ1) is 19.7. The average molecular weight is 375 g/mol. The van der Waals surface area contributed by atoms with E-state index in [1.807, 2.05) is 30.3 Å². The molecule has 0 radical (unpaired) electrons. The maximum Gasteiger partial charge on any atom is 0.341 e. The number of ether oxygens (including phenoxy) is 3. The van der Waals surface area contributed by atoms with Gasteiger partial charge in [-0.1, -0.05) is 18.2 Å². The Morgan fingerprint density at radius 3 is 2.54 bits per heavy atom. The van der Waals surface area contributed by atoms with Crippen LogP contribution < -0.4 is 14.8 Å². The van der Waals surface area contributed by atoms with Crippen molar-refractivity contribution in [2.75, 3.05) is 33.1 Å². The normalized spacial score (nSPS) is 10.1. The molecule has 0 aliphatic rings. The molecule has 2 aromatic carbocycles. The van der Waals surface area contributed by atoms with Crippen LogP contribution >= 0.6 is 11.8 Å². The number of esters is 1. The van der Waals surface area contributed by atoms with Gasteiger partial charge >= 0.3 is 5.97 Å². The largest absolute Gasteiger partial charge is 0.497 e. The smallest absolute Gasteiger partial charge is 0.341 e. The zero-order chi connectivity index (χ0) is 18.8. The molecule has 0 unspecified atom stereocenters. The van der Waals surface area contributed by atoms with Crippen LogP contribution in [0.15, 0.2) is 53.4 Å². The van der Waals surface area contributed by atoms with Crippen molar-refractivity contribution in [1.82, 2.24) is 5.32 Å². The molecule has 0 saturated heterocycles. The van der Waals surface area contributed by atoms with Crippen LogP contribution in [0, 0.1) is 0 Å². The minimum atomic E-state index is -0.540. The Balaban J connectivity index is 1.81. The maximum atomic E-state index is 11.9. The van der Waals surface area contributed by atoms with E-state index in [0.29, 0.717) is 12.3 Å². The summed E-state index contributed by atoms with van der Waals surface area (Å²) in [4.78, 5) is 24.9. The topological polar surface area (TPSA) is 73.9 Å². The molecule has 0 aliphatic carbocycles. The third-order valence-electron chi connectivity index (χ3n) is 3.39. The van der Waals surface area contributed by atoms with Gasteiger partial charge < -0.3 is 19.5 Å². The SMILES string of the molecule is COC(=O)c1ccc(OC)cc1OCC(=O)NCCSc1ccccc1. The quantitative estimate of drug-likeness (QED) is 0.413. The van der Waals surface area contributed by atoms with Crippen LogP contribution in [0.25, 0.3) is 0 Å². The van der Waals surface area contributed by atoms with Crippen LogP contribution in [0.1, 0.15) is 10.4 Å². The van der Waals surface area contributed by atoms with Crippen LogP contribution in [0.4, 0.5) is 0 Å². The third-order valence-corrected chi connectivity index (χ3v) is 4.40. The van der Waals surface area contributed by atoms with Gasteiger partial charge in [-0.15, -0.1) is 11.8 Å². The number of hydrogen-bond donors (Lipinski definition) is 1. The first-order valence-electron chi connectivity index (χ1n) is 7.97. The standard InChI is InChI=1S/C19H21NO5S/c1-23-14-8-9-16(19(22)24-2)17(12-14)25-13-18(21)20-10-11-26-15-6-4-3-5-7-15/h3-9,12H,10-11,13H2,1-2H3,(H,20,21). The zero-order valence-corrected chi connectivity index (χ0v) is 15.5. The van der Waals surface area contributed by atoms with Gasteiger partial charge in [0.15, 0.2) is 6.61 Å². The molecule has 7 heteroatoms. The van der Waals surface area contributed by atoms with Gasteiger partial charge in [-0.05, 0) is 24.3 Å². The summed E-state index contributed by atoms with van der Waals surface area (Å²) in [6.45, 7) is 0.316. The van der Waals surface area contributed by atoms with Crippen LogP contribution in [-0.4, -0.2) is 45.0 Å². The third kappa shape index (κ3) is 6.00. The summed E-state index contributed by atoms with van der Waals surface area (Å²) >= 11 is 1.66. The second-order valence-electron chi connectivity index (χ2n) is 5.15. The molecular weight excluding hydrogens is 354 g/mol. The van der Waals surface area contributed by atoms with Gasteiger partial charge in [0.25, 0.3) is 5.91 Å². The van der Waals surface area contributed by atoms with E-state index < -0.39 is 5.97 Å². The Kier molecular flexibility index (Phi) is 7.82. The van der Waals surface area contributed by atoms with Gasteiger partial charge in [-0.2, -0.15) is 0 Å². The number of carbonyl (C=O) groups is 2. The predicted octanol–water partition coefficient (Wildman–Crippen LogP) is 2.77. The molecule has 1 N–H and O–H groups in total. The predicted molar refractivity (Wildman–Crippen MR) is 100 cm³/mol. The number of amides is 1. The summed E-state index contributed by atoms with van der Waals surface area (Å²) in [5.41, 5.74) is 0.237. The summed E-state index contributed by atoms with van der Waals surface area (Å²) in [7, 11) is 2.79. The minimum Gasteiger partial charge on any atom is -0.497 e. The highest BCUT2D eigenvalue weighted by molar-refractivity contribution is 7.99. The highest BCUT2D eigenvalue weighted by atomic mass is 32.2. The monoisotopic (exact) mass is 375 g/mol. The second-order valence-corrected chi connectivity index (χ2v) is 6.32. The van der Waals surface area contributed by atoms with Gasteiger partial charge in [0.2, 0.25) is 0 Å². The van der Waals surface area contributed by atoms with Gasteiger partial charge in [0.05, 0.1) is 14.2 Å². The fraction of sp³-hybridized carbons (Fsp3) is 0.263. The lowest BCUT2D eigenvalue weighted by Gasteiger charge is -2.12. The highest BCUT2D eigenvalue weighted by Gasteiger charge is 2.15. The zero-order valence-electron chi connectivity index (χ0n) is 14.7. The summed E-state index contributed by atoms with van der Waals surface area (Å²) in [6.07, 6.45) is 0. The van der Waals surface area contributed by atoms with Crippen molar-refractivity contribution in [3.63, 3.8) is 0 Å². The Bertz CT molecular complexity index is 736. The van der Waals surface area contributed by atoms with Crippen LogP contribution in [0.5, 0.6) is 11.5 Å². The molecule has 0 bridgehead atoms.